The summed E-state index contributed by atoms with van der Waals surface area (Å²) in [6, 6.07) is 14.3. The van der Waals surface area contributed by atoms with E-state index in [1.807, 2.05) is 36.4 Å². The normalized spacial score (nSPS) is 12.8. The van der Waals surface area contributed by atoms with Crippen molar-refractivity contribution in [3.05, 3.63) is 70.0 Å². The van der Waals surface area contributed by atoms with E-state index in [0.717, 1.165) is 22.4 Å². The molecule has 4 rings (SSSR count). The van der Waals surface area contributed by atoms with E-state index in [0.29, 0.717) is 36.7 Å². The van der Waals surface area contributed by atoms with E-state index >= 15 is 0 Å². The van der Waals surface area contributed by atoms with Gasteiger partial charge in [-0.2, -0.15) is 5.10 Å². The number of fused-ring (bicyclic) bond motifs is 1. The number of methoxy groups -OCH3 is 3. The van der Waals surface area contributed by atoms with Crippen molar-refractivity contribution in [3.8, 4) is 28.5 Å². The molecule has 0 saturated heterocycles. The van der Waals surface area contributed by atoms with E-state index < -0.39 is 0 Å². The Morgan fingerprint density at radius 2 is 1.62 bits per heavy atom. The predicted molar refractivity (Wildman–Crippen MR) is 119 cm³/mol. The largest absolute Gasteiger partial charge is 0.497 e. The average molecular weight is 435 g/mol. The summed E-state index contributed by atoms with van der Waals surface area (Å²) in [6.07, 6.45) is 0.704. The zero-order chi connectivity index (χ0) is 22.7. The van der Waals surface area contributed by atoms with Gasteiger partial charge in [0.1, 0.15) is 12.3 Å². The topological polar surface area (TPSA) is 82.9 Å². The van der Waals surface area contributed by atoms with Gasteiger partial charge < -0.3 is 19.1 Å². The van der Waals surface area contributed by atoms with E-state index in [9.17, 15) is 9.59 Å². The van der Waals surface area contributed by atoms with Gasteiger partial charge in [-0.25, -0.2) is 4.68 Å². The Balaban J connectivity index is 1.52. The molecule has 1 aromatic heterocycles. The number of carbonyl (C=O) groups is 1. The third-order valence-electron chi connectivity index (χ3n) is 5.61. The standard InChI is InChI=1S/C24H25N3O5/c1-30-19-6-4-16(5-7-19)20-8-9-23(28)27(25-20)15-24(29)26-11-10-17-12-21(31-2)22(32-3)13-18(17)14-26/h4-9,12-13H,10-11,14-15H2,1-3H3. The van der Waals surface area contributed by atoms with Crippen molar-refractivity contribution < 1.29 is 19.0 Å². The van der Waals surface area contributed by atoms with Crippen LogP contribution in [0.3, 0.4) is 0 Å². The number of amides is 1. The fourth-order valence-electron chi connectivity index (χ4n) is 3.80. The van der Waals surface area contributed by atoms with Gasteiger partial charge in [0.15, 0.2) is 11.5 Å². The Labute approximate surface area is 186 Å². The summed E-state index contributed by atoms with van der Waals surface area (Å²) in [5, 5.41) is 4.41. The molecule has 0 bridgehead atoms. The van der Waals surface area contributed by atoms with E-state index in [1.165, 1.54) is 10.7 Å². The minimum atomic E-state index is -0.320. The van der Waals surface area contributed by atoms with Gasteiger partial charge in [0, 0.05) is 24.7 Å². The monoisotopic (exact) mass is 435 g/mol. The Morgan fingerprint density at radius 3 is 2.28 bits per heavy atom. The Hall–Kier alpha value is -3.81. The third-order valence-corrected chi connectivity index (χ3v) is 5.61. The van der Waals surface area contributed by atoms with Crippen molar-refractivity contribution >= 4 is 5.91 Å². The molecule has 2 aromatic carbocycles. The molecule has 166 valence electrons. The second kappa shape index (κ2) is 9.13. The first kappa shape index (κ1) is 21.4. The number of benzene rings is 2. The average Bonchev–Trinajstić information content (AvgIpc) is 2.84. The molecule has 0 atom stereocenters. The highest BCUT2D eigenvalue weighted by atomic mass is 16.5. The maximum absolute atomic E-state index is 13.0. The van der Waals surface area contributed by atoms with Crippen LogP contribution in [0.2, 0.25) is 0 Å². The molecule has 8 nitrogen and oxygen atoms in total. The molecule has 0 saturated carbocycles. The highest BCUT2D eigenvalue weighted by Gasteiger charge is 2.23. The second-order valence-electron chi connectivity index (χ2n) is 7.48. The zero-order valence-corrected chi connectivity index (χ0v) is 18.3. The second-order valence-corrected chi connectivity index (χ2v) is 7.48. The molecule has 0 radical (unpaired) electrons. The third kappa shape index (κ3) is 4.30. The Morgan fingerprint density at radius 1 is 0.938 bits per heavy atom. The molecule has 2 heterocycles. The summed E-state index contributed by atoms with van der Waals surface area (Å²) in [5.74, 6) is 1.88. The zero-order valence-electron chi connectivity index (χ0n) is 18.3. The fraction of sp³-hybridized carbons (Fsp3) is 0.292. The lowest BCUT2D eigenvalue weighted by atomic mass is 9.98. The van der Waals surface area contributed by atoms with Crippen molar-refractivity contribution in [2.45, 2.75) is 19.5 Å². The molecule has 3 aromatic rings. The van der Waals surface area contributed by atoms with Crippen LogP contribution in [0.5, 0.6) is 17.2 Å². The van der Waals surface area contributed by atoms with Crippen LogP contribution in [0.4, 0.5) is 0 Å². The lowest BCUT2D eigenvalue weighted by Gasteiger charge is -2.29. The van der Waals surface area contributed by atoms with Crippen LogP contribution in [0.15, 0.2) is 53.3 Å². The molecular formula is C24H25N3O5. The summed E-state index contributed by atoms with van der Waals surface area (Å²) in [5.41, 5.74) is 3.26. The number of nitrogens with zero attached hydrogens (tertiary/aromatic N) is 3. The number of hydrogen-bond donors (Lipinski definition) is 0. The molecule has 8 heteroatoms. The Bertz CT molecular complexity index is 1190. The molecule has 32 heavy (non-hydrogen) atoms. The highest BCUT2D eigenvalue weighted by Crippen LogP contribution is 2.33. The highest BCUT2D eigenvalue weighted by molar-refractivity contribution is 5.76. The first-order valence-electron chi connectivity index (χ1n) is 10.3. The van der Waals surface area contributed by atoms with E-state index in [4.69, 9.17) is 14.2 Å². The Kier molecular flexibility index (Phi) is 6.11. The molecule has 1 aliphatic heterocycles. The van der Waals surface area contributed by atoms with Crippen molar-refractivity contribution in [1.29, 1.82) is 0 Å². The van der Waals surface area contributed by atoms with Gasteiger partial charge in [-0.1, -0.05) is 0 Å². The first-order chi connectivity index (χ1) is 15.5. The van der Waals surface area contributed by atoms with Gasteiger partial charge in [-0.15, -0.1) is 0 Å². The molecule has 1 aliphatic rings. The van der Waals surface area contributed by atoms with Gasteiger partial charge >= 0.3 is 0 Å². The van der Waals surface area contributed by atoms with Gasteiger partial charge in [-0.3, -0.25) is 9.59 Å². The number of hydrogen-bond acceptors (Lipinski definition) is 6. The van der Waals surface area contributed by atoms with Crippen LogP contribution in [0.1, 0.15) is 11.1 Å². The van der Waals surface area contributed by atoms with Crippen LogP contribution in [0.25, 0.3) is 11.3 Å². The van der Waals surface area contributed by atoms with Crippen LogP contribution in [-0.2, 0) is 24.3 Å². The number of rotatable bonds is 6. The van der Waals surface area contributed by atoms with Crippen molar-refractivity contribution in [1.82, 2.24) is 14.7 Å². The molecule has 0 unspecified atom stereocenters. The van der Waals surface area contributed by atoms with E-state index in [-0.39, 0.29) is 18.0 Å². The number of aromatic nitrogens is 2. The molecule has 0 spiro atoms. The summed E-state index contributed by atoms with van der Waals surface area (Å²) in [4.78, 5) is 27.1. The molecular weight excluding hydrogens is 410 g/mol. The van der Waals surface area contributed by atoms with E-state index in [1.54, 1.807) is 32.3 Å². The minimum Gasteiger partial charge on any atom is -0.497 e. The lowest BCUT2D eigenvalue weighted by molar-refractivity contribution is -0.133. The molecule has 0 fully saturated rings. The van der Waals surface area contributed by atoms with Crippen LogP contribution in [0, 0.1) is 0 Å². The summed E-state index contributed by atoms with van der Waals surface area (Å²) in [6.45, 7) is 0.890. The number of carbonyl (C=O) groups excluding carboxylic acids is 1. The van der Waals surface area contributed by atoms with Crippen molar-refractivity contribution in [2.75, 3.05) is 27.9 Å². The van der Waals surface area contributed by atoms with Crippen LogP contribution < -0.4 is 19.8 Å². The predicted octanol–water partition coefficient (Wildman–Crippen LogP) is 2.52. The smallest absolute Gasteiger partial charge is 0.267 e. The van der Waals surface area contributed by atoms with Crippen molar-refractivity contribution in [3.63, 3.8) is 0 Å². The van der Waals surface area contributed by atoms with Gasteiger partial charge in [-0.05, 0) is 60.0 Å². The molecule has 0 N–H and O–H groups in total. The lowest BCUT2D eigenvalue weighted by Crippen LogP contribution is -2.40. The van der Waals surface area contributed by atoms with Crippen LogP contribution in [-0.4, -0.2) is 48.5 Å². The van der Waals surface area contributed by atoms with Gasteiger partial charge in [0.05, 0.1) is 27.0 Å². The SMILES string of the molecule is COc1ccc(-c2ccc(=O)n(CC(=O)N3CCc4cc(OC)c(OC)cc4C3)n2)cc1. The minimum absolute atomic E-state index is 0.120. The number of ether oxygens (including phenoxy) is 3. The first-order valence-corrected chi connectivity index (χ1v) is 10.3. The molecule has 1 amide bonds. The summed E-state index contributed by atoms with van der Waals surface area (Å²) >= 11 is 0. The summed E-state index contributed by atoms with van der Waals surface area (Å²) < 4.78 is 17.2. The maximum atomic E-state index is 13.0. The van der Waals surface area contributed by atoms with E-state index in [2.05, 4.69) is 5.10 Å². The van der Waals surface area contributed by atoms with Gasteiger partial charge in [0.25, 0.3) is 5.56 Å². The van der Waals surface area contributed by atoms with Crippen molar-refractivity contribution in [2.24, 2.45) is 0 Å². The van der Waals surface area contributed by atoms with Gasteiger partial charge in [0.2, 0.25) is 5.91 Å². The maximum Gasteiger partial charge on any atom is 0.267 e. The molecule has 0 aliphatic carbocycles. The van der Waals surface area contributed by atoms with Crippen LogP contribution >= 0.6 is 0 Å². The fourth-order valence-corrected chi connectivity index (χ4v) is 3.80. The summed E-state index contributed by atoms with van der Waals surface area (Å²) in [7, 11) is 4.79. The quantitative estimate of drug-likeness (QED) is 0.592.